The summed E-state index contributed by atoms with van der Waals surface area (Å²) < 4.78 is 40.0. The number of anilines is 3. The molecule has 2 aromatic carbocycles. The predicted octanol–water partition coefficient (Wildman–Crippen LogP) is 5.69. The minimum absolute atomic E-state index is 0.0758. The molecule has 0 aliphatic rings. The van der Waals surface area contributed by atoms with Crippen molar-refractivity contribution in [2.75, 3.05) is 17.2 Å². The molecule has 0 saturated carbocycles. The summed E-state index contributed by atoms with van der Waals surface area (Å²) in [7, 11) is 0. The summed E-state index contributed by atoms with van der Waals surface area (Å²) in [6, 6.07) is 13.2. The van der Waals surface area contributed by atoms with Crippen LogP contribution in [0.5, 0.6) is 0 Å². The normalized spacial score (nSPS) is 12.5. The second-order valence-electron chi connectivity index (χ2n) is 6.01. The number of benzene rings is 2. The van der Waals surface area contributed by atoms with E-state index in [1.807, 2.05) is 0 Å². The third kappa shape index (κ3) is 5.50. The first-order valence-electron chi connectivity index (χ1n) is 8.37. The van der Waals surface area contributed by atoms with Crippen LogP contribution in [0.15, 0.2) is 54.7 Å². The first-order valence-corrected chi connectivity index (χ1v) is 9.13. The van der Waals surface area contributed by atoms with E-state index in [1.54, 1.807) is 36.4 Å². The van der Waals surface area contributed by atoms with Crippen LogP contribution in [0.25, 0.3) is 0 Å². The Hall–Kier alpha value is -2.55. The summed E-state index contributed by atoms with van der Waals surface area (Å²) in [6.07, 6.45) is -5.01. The van der Waals surface area contributed by atoms with Crippen molar-refractivity contribution in [2.45, 2.75) is 12.3 Å². The van der Waals surface area contributed by atoms with E-state index in [-0.39, 0.29) is 17.5 Å². The van der Waals surface area contributed by atoms with Gasteiger partial charge in [-0.05, 0) is 23.8 Å². The molecule has 1 aromatic heterocycles. The number of nitrogens with one attached hydrogen (secondary N) is 2. The molecule has 1 unspecified atom stereocenters. The molecule has 1 atom stereocenters. The van der Waals surface area contributed by atoms with Gasteiger partial charge >= 0.3 is 6.18 Å². The van der Waals surface area contributed by atoms with E-state index in [4.69, 9.17) is 23.2 Å². The van der Waals surface area contributed by atoms with Gasteiger partial charge in [-0.3, -0.25) is 0 Å². The molecule has 1 heterocycles. The van der Waals surface area contributed by atoms with Crippen molar-refractivity contribution >= 4 is 40.7 Å². The summed E-state index contributed by atoms with van der Waals surface area (Å²) in [5.41, 5.74) is -0.0244. The molecule has 0 aliphatic carbocycles. The van der Waals surface area contributed by atoms with Gasteiger partial charge in [0.25, 0.3) is 0 Å². The average Bonchev–Trinajstić information content (AvgIpc) is 2.69. The maximum atomic E-state index is 13.3. The standard InChI is InChI=1S/C19H15Cl2F3N4O/c20-14-7-6-12(8-15(14)21)27-18-26-9-13(19(22,23)24)17(28-18)25-10-16(29)11-4-2-1-3-5-11/h1-9,16,29H,10H2,(H2,25,26,27,28). The number of halogens is 5. The van der Waals surface area contributed by atoms with E-state index in [2.05, 4.69) is 20.6 Å². The molecule has 29 heavy (non-hydrogen) atoms. The maximum Gasteiger partial charge on any atom is 0.421 e. The molecule has 0 amide bonds. The van der Waals surface area contributed by atoms with Gasteiger partial charge in [-0.25, -0.2) is 4.98 Å². The highest BCUT2D eigenvalue weighted by Crippen LogP contribution is 2.34. The summed E-state index contributed by atoms with van der Waals surface area (Å²) >= 11 is 11.8. The topological polar surface area (TPSA) is 70.1 Å². The average molecular weight is 443 g/mol. The molecule has 10 heteroatoms. The SMILES string of the molecule is OC(CNc1nc(Nc2ccc(Cl)c(Cl)c2)ncc1C(F)(F)F)c1ccccc1. The molecule has 3 rings (SSSR count). The number of hydrogen-bond acceptors (Lipinski definition) is 5. The van der Waals surface area contributed by atoms with Crippen LogP contribution in [0, 0.1) is 0 Å². The number of alkyl halides is 3. The third-order valence-electron chi connectivity index (χ3n) is 3.92. The van der Waals surface area contributed by atoms with Crippen molar-refractivity contribution < 1.29 is 18.3 Å². The fraction of sp³-hybridized carbons (Fsp3) is 0.158. The molecule has 0 fully saturated rings. The van der Waals surface area contributed by atoms with Gasteiger partial charge in [-0.2, -0.15) is 18.2 Å². The van der Waals surface area contributed by atoms with Crippen LogP contribution in [0.4, 0.5) is 30.6 Å². The smallest absolute Gasteiger partial charge is 0.387 e. The van der Waals surface area contributed by atoms with Crippen molar-refractivity contribution in [1.82, 2.24) is 9.97 Å². The lowest BCUT2D eigenvalue weighted by molar-refractivity contribution is -0.137. The summed E-state index contributed by atoms with van der Waals surface area (Å²) in [6.45, 7) is -0.170. The van der Waals surface area contributed by atoms with Crippen molar-refractivity contribution in [3.05, 3.63) is 75.9 Å². The second-order valence-corrected chi connectivity index (χ2v) is 6.83. The largest absolute Gasteiger partial charge is 0.421 e. The molecule has 0 radical (unpaired) electrons. The molecule has 5 nitrogen and oxygen atoms in total. The molecule has 0 bridgehead atoms. The Morgan fingerprint density at radius 3 is 2.41 bits per heavy atom. The maximum absolute atomic E-state index is 13.3. The number of aliphatic hydroxyl groups is 1. The lowest BCUT2D eigenvalue weighted by atomic mass is 10.1. The summed E-state index contributed by atoms with van der Waals surface area (Å²) in [5.74, 6) is -0.530. The minimum atomic E-state index is -4.66. The van der Waals surface area contributed by atoms with Gasteiger partial charge < -0.3 is 15.7 Å². The Morgan fingerprint density at radius 1 is 1.03 bits per heavy atom. The van der Waals surface area contributed by atoms with Crippen LogP contribution in [-0.4, -0.2) is 21.6 Å². The Balaban J connectivity index is 1.83. The van der Waals surface area contributed by atoms with E-state index in [0.29, 0.717) is 22.5 Å². The molecule has 3 N–H and O–H groups in total. The molecule has 0 saturated heterocycles. The van der Waals surface area contributed by atoms with Gasteiger partial charge in [-0.15, -0.1) is 0 Å². The quantitative estimate of drug-likeness (QED) is 0.457. The van der Waals surface area contributed by atoms with Gasteiger partial charge in [-0.1, -0.05) is 53.5 Å². The number of hydrogen-bond donors (Lipinski definition) is 3. The van der Waals surface area contributed by atoms with E-state index >= 15 is 0 Å². The van der Waals surface area contributed by atoms with Gasteiger partial charge in [0.1, 0.15) is 11.4 Å². The summed E-state index contributed by atoms with van der Waals surface area (Å²) in [5, 5.41) is 16.1. The van der Waals surface area contributed by atoms with Gasteiger partial charge in [0, 0.05) is 18.4 Å². The zero-order chi connectivity index (χ0) is 21.0. The van der Waals surface area contributed by atoms with Crippen LogP contribution >= 0.6 is 23.2 Å². The van der Waals surface area contributed by atoms with Crippen LogP contribution < -0.4 is 10.6 Å². The lowest BCUT2D eigenvalue weighted by Crippen LogP contribution is -2.18. The Morgan fingerprint density at radius 2 is 1.76 bits per heavy atom. The monoisotopic (exact) mass is 442 g/mol. The van der Waals surface area contributed by atoms with Gasteiger partial charge in [0.2, 0.25) is 5.95 Å². The fourth-order valence-electron chi connectivity index (χ4n) is 2.47. The van der Waals surface area contributed by atoms with Crippen LogP contribution in [0.3, 0.4) is 0 Å². The van der Waals surface area contributed by atoms with E-state index in [9.17, 15) is 18.3 Å². The molecule has 0 spiro atoms. The zero-order valence-corrected chi connectivity index (χ0v) is 16.2. The highest BCUT2D eigenvalue weighted by molar-refractivity contribution is 6.42. The Kier molecular flexibility index (Phi) is 6.46. The minimum Gasteiger partial charge on any atom is -0.387 e. The number of aliphatic hydroxyl groups excluding tert-OH is 1. The van der Waals surface area contributed by atoms with Crippen molar-refractivity contribution in [2.24, 2.45) is 0 Å². The molecule has 3 aromatic rings. The predicted molar refractivity (Wildman–Crippen MR) is 107 cm³/mol. The van der Waals surface area contributed by atoms with Crippen molar-refractivity contribution in [3.8, 4) is 0 Å². The van der Waals surface area contributed by atoms with Crippen molar-refractivity contribution in [3.63, 3.8) is 0 Å². The molecular formula is C19H15Cl2F3N4O. The summed E-state index contributed by atoms with van der Waals surface area (Å²) in [4.78, 5) is 7.63. The highest BCUT2D eigenvalue weighted by atomic mass is 35.5. The van der Waals surface area contributed by atoms with E-state index < -0.39 is 23.7 Å². The highest BCUT2D eigenvalue weighted by Gasteiger charge is 2.35. The van der Waals surface area contributed by atoms with Crippen LogP contribution in [0.2, 0.25) is 10.0 Å². The van der Waals surface area contributed by atoms with Crippen LogP contribution in [0.1, 0.15) is 17.2 Å². The second kappa shape index (κ2) is 8.86. The lowest BCUT2D eigenvalue weighted by Gasteiger charge is -2.17. The van der Waals surface area contributed by atoms with Gasteiger partial charge in [0.05, 0.1) is 16.1 Å². The number of aromatic nitrogens is 2. The fourth-order valence-corrected chi connectivity index (χ4v) is 2.77. The number of rotatable bonds is 6. The first-order chi connectivity index (χ1) is 13.7. The third-order valence-corrected chi connectivity index (χ3v) is 4.66. The first kappa shape index (κ1) is 21.2. The van der Waals surface area contributed by atoms with E-state index in [0.717, 1.165) is 0 Å². The van der Waals surface area contributed by atoms with Crippen LogP contribution in [-0.2, 0) is 6.18 Å². The van der Waals surface area contributed by atoms with Gasteiger partial charge in [0.15, 0.2) is 0 Å². The zero-order valence-electron chi connectivity index (χ0n) is 14.7. The Bertz CT molecular complexity index is 987. The Labute approximate surface area is 174 Å². The molecular weight excluding hydrogens is 428 g/mol. The molecule has 0 aliphatic heterocycles. The van der Waals surface area contributed by atoms with E-state index in [1.165, 1.54) is 12.1 Å². The number of nitrogens with zero attached hydrogens (tertiary/aromatic N) is 2. The molecule has 152 valence electrons. The van der Waals surface area contributed by atoms with Crippen molar-refractivity contribution in [1.29, 1.82) is 0 Å².